The molecule has 6 heteroatoms. The van der Waals surface area contributed by atoms with Crippen LogP contribution < -0.4 is 5.56 Å². The number of carbonyl (C=O) groups is 1. The largest absolute Gasteiger partial charge is 0.381 e. The smallest absolute Gasteiger partial charge is 0.274 e. The van der Waals surface area contributed by atoms with Gasteiger partial charge in [0.25, 0.3) is 11.5 Å². The van der Waals surface area contributed by atoms with E-state index in [0.717, 1.165) is 45.4 Å². The van der Waals surface area contributed by atoms with Crippen LogP contribution in [0.4, 0.5) is 0 Å². The third-order valence-corrected chi connectivity index (χ3v) is 4.25. The molecule has 1 aliphatic heterocycles. The van der Waals surface area contributed by atoms with Crippen molar-refractivity contribution in [2.45, 2.75) is 45.2 Å². The summed E-state index contributed by atoms with van der Waals surface area (Å²) >= 11 is 0. The molecule has 1 unspecified atom stereocenters. The van der Waals surface area contributed by atoms with E-state index in [4.69, 9.17) is 4.74 Å². The molecule has 0 spiro atoms. The highest BCUT2D eigenvalue weighted by atomic mass is 16.5. The second kappa shape index (κ2) is 6.60. The molecule has 0 N–H and O–H groups in total. The number of ether oxygens (including phenoxy) is 1. The molecule has 3 rings (SSSR count). The van der Waals surface area contributed by atoms with Crippen molar-refractivity contribution >= 4 is 5.91 Å². The molecule has 2 fully saturated rings. The van der Waals surface area contributed by atoms with Crippen LogP contribution in [-0.4, -0.2) is 46.4 Å². The zero-order chi connectivity index (χ0) is 15.5. The third-order valence-electron chi connectivity index (χ3n) is 4.25. The lowest BCUT2D eigenvalue weighted by Crippen LogP contribution is -2.39. The maximum Gasteiger partial charge on any atom is 0.274 e. The zero-order valence-corrected chi connectivity index (χ0v) is 13.0. The standard InChI is InChI=1S/C16H23N3O3/c1-2-8-19-15(20)6-5-14(17-19)16(21)18(13-3-4-13)10-12-7-9-22-11-12/h5-6,12-13H,2-4,7-11H2,1H3. The summed E-state index contributed by atoms with van der Waals surface area (Å²) in [5.74, 6) is 0.366. The van der Waals surface area contributed by atoms with Crippen molar-refractivity contribution in [3.63, 3.8) is 0 Å². The molecule has 6 nitrogen and oxygen atoms in total. The molecule has 2 heterocycles. The Bertz CT molecular complexity index is 589. The third kappa shape index (κ3) is 3.38. The van der Waals surface area contributed by atoms with Crippen LogP contribution in [0.2, 0.25) is 0 Å². The number of hydrogen-bond acceptors (Lipinski definition) is 4. The first-order valence-electron chi connectivity index (χ1n) is 8.16. The highest BCUT2D eigenvalue weighted by Crippen LogP contribution is 2.30. The monoisotopic (exact) mass is 305 g/mol. The van der Waals surface area contributed by atoms with Crippen molar-refractivity contribution in [3.05, 3.63) is 28.2 Å². The number of nitrogens with zero attached hydrogens (tertiary/aromatic N) is 3. The van der Waals surface area contributed by atoms with Gasteiger partial charge in [0.1, 0.15) is 5.69 Å². The van der Waals surface area contributed by atoms with E-state index in [1.165, 1.54) is 10.7 Å². The predicted octanol–water partition coefficient (Wildman–Crippen LogP) is 1.29. The molecule has 1 aromatic rings. The van der Waals surface area contributed by atoms with Gasteiger partial charge in [-0.25, -0.2) is 4.68 Å². The van der Waals surface area contributed by atoms with E-state index in [2.05, 4.69) is 5.10 Å². The van der Waals surface area contributed by atoms with Crippen molar-refractivity contribution < 1.29 is 9.53 Å². The van der Waals surface area contributed by atoms with Gasteiger partial charge in [-0.05, 0) is 31.7 Å². The molecule has 1 aromatic heterocycles. The fourth-order valence-electron chi connectivity index (χ4n) is 2.87. The van der Waals surface area contributed by atoms with Gasteiger partial charge in [-0.3, -0.25) is 9.59 Å². The molecule has 1 aliphatic carbocycles. The van der Waals surface area contributed by atoms with Crippen molar-refractivity contribution in [3.8, 4) is 0 Å². The molecule has 22 heavy (non-hydrogen) atoms. The van der Waals surface area contributed by atoms with Gasteiger partial charge in [0.15, 0.2) is 0 Å². The minimum absolute atomic E-state index is 0.0562. The maximum atomic E-state index is 12.8. The first kappa shape index (κ1) is 15.2. The number of carbonyl (C=O) groups excluding carboxylic acids is 1. The van der Waals surface area contributed by atoms with Gasteiger partial charge in [0.05, 0.1) is 6.61 Å². The van der Waals surface area contributed by atoms with E-state index < -0.39 is 0 Å². The molecular formula is C16H23N3O3. The Labute approximate surface area is 130 Å². The van der Waals surface area contributed by atoms with Crippen LogP contribution in [0.5, 0.6) is 0 Å². The van der Waals surface area contributed by atoms with E-state index in [9.17, 15) is 9.59 Å². The maximum absolute atomic E-state index is 12.8. The molecular weight excluding hydrogens is 282 g/mol. The molecule has 1 saturated heterocycles. The van der Waals surface area contributed by atoms with Gasteiger partial charge in [-0.1, -0.05) is 6.92 Å². The number of hydrogen-bond donors (Lipinski definition) is 0. The van der Waals surface area contributed by atoms with Gasteiger partial charge in [0.2, 0.25) is 0 Å². The summed E-state index contributed by atoms with van der Waals surface area (Å²) in [4.78, 5) is 26.5. The van der Waals surface area contributed by atoms with Crippen molar-refractivity contribution in [2.75, 3.05) is 19.8 Å². The van der Waals surface area contributed by atoms with Gasteiger partial charge in [-0.15, -0.1) is 0 Å². The molecule has 2 aliphatic rings. The van der Waals surface area contributed by atoms with Crippen LogP contribution in [0.15, 0.2) is 16.9 Å². The minimum Gasteiger partial charge on any atom is -0.381 e. The van der Waals surface area contributed by atoms with Crippen LogP contribution in [-0.2, 0) is 11.3 Å². The average Bonchev–Trinajstić information content (AvgIpc) is 3.23. The van der Waals surface area contributed by atoms with Gasteiger partial charge < -0.3 is 9.64 Å². The highest BCUT2D eigenvalue weighted by Gasteiger charge is 2.35. The molecule has 0 radical (unpaired) electrons. The lowest BCUT2D eigenvalue weighted by Gasteiger charge is -2.25. The Morgan fingerprint density at radius 1 is 1.41 bits per heavy atom. The number of rotatable bonds is 6. The van der Waals surface area contributed by atoms with Crippen LogP contribution in [0.25, 0.3) is 0 Å². The number of amides is 1. The fraction of sp³-hybridized carbons (Fsp3) is 0.688. The van der Waals surface area contributed by atoms with E-state index >= 15 is 0 Å². The summed E-state index contributed by atoms with van der Waals surface area (Å²) in [5, 5.41) is 4.25. The van der Waals surface area contributed by atoms with Crippen LogP contribution >= 0.6 is 0 Å². The minimum atomic E-state index is -0.152. The van der Waals surface area contributed by atoms with Crippen LogP contribution in [0, 0.1) is 5.92 Å². The topological polar surface area (TPSA) is 64.4 Å². The SMILES string of the molecule is CCCn1nc(C(=O)N(CC2CCOC2)C2CC2)ccc1=O. The highest BCUT2D eigenvalue weighted by molar-refractivity contribution is 5.92. The molecule has 120 valence electrons. The fourth-order valence-corrected chi connectivity index (χ4v) is 2.87. The Kier molecular flexibility index (Phi) is 4.57. The summed E-state index contributed by atoms with van der Waals surface area (Å²) in [7, 11) is 0. The number of aryl methyl sites for hydroxylation is 1. The summed E-state index contributed by atoms with van der Waals surface area (Å²) in [6.07, 6.45) is 3.96. The summed E-state index contributed by atoms with van der Waals surface area (Å²) in [6, 6.07) is 3.33. The molecule has 1 amide bonds. The van der Waals surface area contributed by atoms with Crippen LogP contribution in [0.1, 0.15) is 43.1 Å². The van der Waals surface area contributed by atoms with Crippen molar-refractivity contribution in [2.24, 2.45) is 5.92 Å². The second-order valence-electron chi connectivity index (χ2n) is 6.20. The van der Waals surface area contributed by atoms with E-state index in [1.54, 1.807) is 6.07 Å². The van der Waals surface area contributed by atoms with Gasteiger partial charge in [-0.2, -0.15) is 5.10 Å². The van der Waals surface area contributed by atoms with Crippen molar-refractivity contribution in [1.29, 1.82) is 0 Å². The van der Waals surface area contributed by atoms with E-state index in [0.29, 0.717) is 24.2 Å². The van der Waals surface area contributed by atoms with Gasteiger partial charge in [0, 0.05) is 37.7 Å². The van der Waals surface area contributed by atoms with E-state index in [1.807, 2.05) is 11.8 Å². The Morgan fingerprint density at radius 3 is 2.86 bits per heavy atom. The van der Waals surface area contributed by atoms with Crippen LogP contribution in [0.3, 0.4) is 0 Å². The first-order chi connectivity index (χ1) is 10.7. The first-order valence-corrected chi connectivity index (χ1v) is 8.16. The second-order valence-corrected chi connectivity index (χ2v) is 6.20. The molecule has 0 bridgehead atoms. The summed E-state index contributed by atoms with van der Waals surface area (Å²) < 4.78 is 6.80. The summed E-state index contributed by atoms with van der Waals surface area (Å²) in [5.41, 5.74) is 0.222. The lowest BCUT2D eigenvalue weighted by molar-refractivity contribution is 0.0697. The molecule has 1 atom stereocenters. The molecule has 0 aromatic carbocycles. The van der Waals surface area contributed by atoms with E-state index in [-0.39, 0.29) is 11.5 Å². The predicted molar refractivity (Wildman–Crippen MR) is 81.8 cm³/mol. The summed E-state index contributed by atoms with van der Waals surface area (Å²) in [6.45, 7) is 4.79. The van der Waals surface area contributed by atoms with Gasteiger partial charge >= 0.3 is 0 Å². The Balaban J connectivity index is 1.77. The zero-order valence-electron chi connectivity index (χ0n) is 13.0. The Morgan fingerprint density at radius 2 is 2.23 bits per heavy atom. The molecule has 1 saturated carbocycles. The lowest BCUT2D eigenvalue weighted by atomic mass is 10.1. The quantitative estimate of drug-likeness (QED) is 0.794. The number of aromatic nitrogens is 2. The normalized spacial score (nSPS) is 21.0. The Hall–Kier alpha value is -1.69. The average molecular weight is 305 g/mol. The van der Waals surface area contributed by atoms with Crippen molar-refractivity contribution in [1.82, 2.24) is 14.7 Å².